The summed E-state index contributed by atoms with van der Waals surface area (Å²) in [6.45, 7) is 8.44. The van der Waals surface area contributed by atoms with Crippen LogP contribution in [0, 0.1) is 16.0 Å². The number of nitrogens with one attached hydrogen (secondary N) is 2. The number of aryl methyl sites for hydroxylation is 1. The molecular formula is C25H30N6O4S. The monoisotopic (exact) mass is 510 g/mol. The Bertz CT molecular complexity index is 1230. The minimum absolute atomic E-state index is 0.0330. The Morgan fingerprint density at radius 1 is 1.11 bits per heavy atom. The molecule has 0 aliphatic rings. The van der Waals surface area contributed by atoms with Crippen molar-refractivity contribution in [2.24, 2.45) is 5.92 Å². The first-order chi connectivity index (χ1) is 17.2. The molecule has 1 atom stereocenters. The normalized spacial score (nSPS) is 11.8. The van der Waals surface area contributed by atoms with Crippen LogP contribution in [-0.2, 0) is 17.8 Å². The Morgan fingerprint density at radius 2 is 1.83 bits per heavy atom. The van der Waals surface area contributed by atoms with Crippen molar-refractivity contribution in [3.05, 3.63) is 75.6 Å². The third-order valence-electron chi connectivity index (χ3n) is 5.59. The van der Waals surface area contributed by atoms with Crippen molar-refractivity contribution in [3.63, 3.8) is 0 Å². The number of non-ortho nitro benzene ring substituents is 1. The van der Waals surface area contributed by atoms with Gasteiger partial charge in [-0.25, -0.2) is 0 Å². The summed E-state index contributed by atoms with van der Waals surface area (Å²) >= 11 is 1.27. The summed E-state index contributed by atoms with van der Waals surface area (Å²) in [6.07, 6.45) is 0.933. The Hall–Kier alpha value is -3.73. The van der Waals surface area contributed by atoms with E-state index in [1.807, 2.05) is 49.6 Å². The molecular weight excluding hydrogens is 480 g/mol. The highest BCUT2D eigenvalue weighted by Gasteiger charge is 2.26. The Balaban J connectivity index is 1.71. The maximum atomic E-state index is 12.9. The molecule has 36 heavy (non-hydrogen) atoms. The molecule has 0 saturated carbocycles. The summed E-state index contributed by atoms with van der Waals surface area (Å²) in [4.78, 5) is 35.9. The second-order valence-electron chi connectivity index (χ2n) is 8.47. The van der Waals surface area contributed by atoms with Crippen LogP contribution in [0.1, 0.15) is 55.5 Å². The predicted molar refractivity (Wildman–Crippen MR) is 139 cm³/mol. The SMILES string of the molecule is CCc1ccc(NC(=O)CSc2nnc([C@H](NC(=O)c3cccc([N+](=O)[O-])c3)C(C)C)n2CC)cc1. The molecule has 0 aliphatic heterocycles. The lowest BCUT2D eigenvalue weighted by atomic mass is 10.0. The number of nitrogens with zero attached hydrogens (tertiary/aromatic N) is 4. The number of nitro groups is 1. The molecule has 0 radical (unpaired) electrons. The number of aromatic nitrogens is 3. The number of benzene rings is 2. The van der Waals surface area contributed by atoms with Gasteiger partial charge in [0.25, 0.3) is 11.6 Å². The van der Waals surface area contributed by atoms with Gasteiger partial charge in [-0.15, -0.1) is 10.2 Å². The van der Waals surface area contributed by atoms with Gasteiger partial charge in [0.05, 0.1) is 16.7 Å². The van der Waals surface area contributed by atoms with Gasteiger partial charge in [-0.3, -0.25) is 19.7 Å². The molecule has 2 N–H and O–H groups in total. The number of hydrogen-bond acceptors (Lipinski definition) is 7. The highest BCUT2D eigenvalue weighted by Crippen LogP contribution is 2.26. The van der Waals surface area contributed by atoms with E-state index in [-0.39, 0.29) is 28.8 Å². The van der Waals surface area contributed by atoms with Crippen LogP contribution in [0.3, 0.4) is 0 Å². The van der Waals surface area contributed by atoms with Crippen molar-refractivity contribution in [1.29, 1.82) is 0 Å². The van der Waals surface area contributed by atoms with E-state index in [0.29, 0.717) is 17.5 Å². The van der Waals surface area contributed by atoms with Gasteiger partial charge in [0.2, 0.25) is 5.91 Å². The average molecular weight is 511 g/mol. The summed E-state index contributed by atoms with van der Waals surface area (Å²) in [5, 5.41) is 26.0. The molecule has 2 aromatic carbocycles. The van der Waals surface area contributed by atoms with Gasteiger partial charge in [-0.2, -0.15) is 0 Å². The van der Waals surface area contributed by atoms with Crippen molar-refractivity contribution in [3.8, 4) is 0 Å². The first-order valence-electron chi connectivity index (χ1n) is 11.7. The van der Waals surface area contributed by atoms with Crippen molar-refractivity contribution in [2.75, 3.05) is 11.1 Å². The minimum atomic E-state index is -0.537. The summed E-state index contributed by atoms with van der Waals surface area (Å²) in [5.41, 5.74) is 1.97. The quantitative estimate of drug-likeness (QED) is 0.218. The third-order valence-corrected chi connectivity index (χ3v) is 6.56. The van der Waals surface area contributed by atoms with Crippen LogP contribution < -0.4 is 10.6 Å². The van der Waals surface area contributed by atoms with E-state index in [1.54, 1.807) is 0 Å². The van der Waals surface area contributed by atoms with E-state index < -0.39 is 16.9 Å². The fraction of sp³-hybridized carbons (Fsp3) is 0.360. The number of thioether (sulfide) groups is 1. The molecule has 3 aromatic rings. The lowest BCUT2D eigenvalue weighted by molar-refractivity contribution is -0.384. The van der Waals surface area contributed by atoms with Crippen LogP contribution in [-0.4, -0.2) is 37.3 Å². The molecule has 0 saturated heterocycles. The first kappa shape index (κ1) is 26.9. The molecule has 11 heteroatoms. The van der Waals surface area contributed by atoms with Crippen LogP contribution in [0.15, 0.2) is 53.7 Å². The number of hydrogen-bond donors (Lipinski definition) is 2. The molecule has 3 rings (SSSR count). The summed E-state index contributed by atoms with van der Waals surface area (Å²) in [6, 6.07) is 12.8. The van der Waals surface area contributed by atoms with Gasteiger partial charge >= 0.3 is 0 Å². The lowest BCUT2D eigenvalue weighted by Gasteiger charge is -2.22. The maximum Gasteiger partial charge on any atom is 0.270 e. The van der Waals surface area contributed by atoms with Crippen LogP contribution in [0.25, 0.3) is 0 Å². The van der Waals surface area contributed by atoms with Gasteiger partial charge < -0.3 is 15.2 Å². The average Bonchev–Trinajstić information content (AvgIpc) is 3.28. The molecule has 1 heterocycles. The zero-order valence-corrected chi connectivity index (χ0v) is 21.5. The fourth-order valence-electron chi connectivity index (χ4n) is 3.60. The molecule has 10 nitrogen and oxygen atoms in total. The van der Waals surface area contributed by atoms with Crippen molar-refractivity contribution in [1.82, 2.24) is 20.1 Å². The molecule has 2 amide bonds. The Kier molecular flexibility index (Phi) is 9.18. The summed E-state index contributed by atoms with van der Waals surface area (Å²) < 4.78 is 1.87. The highest BCUT2D eigenvalue weighted by molar-refractivity contribution is 7.99. The molecule has 1 aromatic heterocycles. The minimum Gasteiger partial charge on any atom is -0.342 e. The topological polar surface area (TPSA) is 132 Å². The van der Waals surface area contributed by atoms with Crippen LogP contribution in [0.5, 0.6) is 0 Å². The molecule has 190 valence electrons. The van der Waals surface area contributed by atoms with Gasteiger partial charge in [0.15, 0.2) is 11.0 Å². The third kappa shape index (κ3) is 6.69. The molecule has 0 bridgehead atoms. The second kappa shape index (κ2) is 12.3. The van der Waals surface area contributed by atoms with Crippen LogP contribution in [0.4, 0.5) is 11.4 Å². The largest absolute Gasteiger partial charge is 0.342 e. The van der Waals surface area contributed by atoms with Crippen molar-refractivity contribution < 1.29 is 14.5 Å². The van der Waals surface area contributed by atoms with Gasteiger partial charge in [-0.05, 0) is 43.0 Å². The first-order valence-corrected chi connectivity index (χ1v) is 12.7. The number of carbonyl (C=O) groups is 2. The number of carbonyl (C=O) groups excluding carboxylic acids is 2. The van der Waals surface area contributed by atoms with Crippen LogP contribution in [0.2, 0.25) is 0 Å². The van der Waals surface area contributed by atoms with E-state index >= 15 is 0 Å². The van der Waals surface area contributed by atoms with Gasteiger partial charge in [0.1, 0.15) is 0 Å². The van der Waals surface area contributed by atoms with E-state index in [0.717, 1.165) is 12.1 Å². The lowest BCUT2D eigenvalue weighted by Crippen LogP contribution is -2.33. The Labute approximate surface area is 214 Å². The summed E-state index contributed by atoms with van der Waals surface area (Å²) in [7, 11) is 0. The highest BCUT2D eigenvalue weighted by atomic mass is 32.2. The molecule has 0 fully saturated rings. The number of rotatable bonds is 11. The van der Waals surface area contributed by atoms with E-state index in [4.69, 9.17) is 0 Å². The number of nitro benzene ring substituents is 1. The van der Waals surface area contributed by atoms with Gasteiger partial charge in [-0.1, -0.05) is 50.7 Å². The molecule has 0 unspecified atom stereocenters. The zero-order chi connectivity index (χ0) is 26.2. The summed E-state index contributed by atoms with van der Waals surface area (Å²) in [5.74, 6) is 0.0837. The van der Waals surface area contributed by atoms with E-state index in [2.05, 4.69) is 27.8 Å². The standard InChI is InChI=1S/C25H30N6O4S/c1-5-17-10-12-19(13-11-17)26-21(32)15-36-25-29-28-23(30(25)6-2)22(16(3)4)27-24(33)18-8-7-9-20(14-18)31(34)35/h7-14,16,22H,5-6,15H2,1-4H3,(H,26,32)(H,27,33)/t22-/m1/s1. The molecule has 0 spiro atoms. The maximum absolute atomic E-state index is 12.9. The molecule has 0 aliphatic carbocycles. The fourth-order valence-corrected chi connectivity index (χ4v) is 4.41. The van der Waals surface area contributed by atoms with E-state index in [9.17, 15) is 19.7 Å². The second-order valence-corrected chi connectivity index (χ2v) is 9.42. The van der Waals surface area contributed by atoms with Crippen LogP contribution >= 0.6 is 11.8 Å². The van der Waals surface area contributed by atoms with Gasteiger partial charge in [0, 0.05) is 29.9 Å². The number of anilines is 1. The number of amides is 2. The van der Waals surface area contributed by atoms with Crippen molar-refractivity contribution >= 4 is 35.0 Å². The predicted octanol–water partition coefficient (Wildman–Crippen LogP) is 4.63. The van der Waals surface area contributed by atoms with Crippen molar-refractivity contribution in [2.45, 2.75) is 51.9 Å². The smallest absolute Gasteiger partial charge is 0.270 e. The van der Waals surface area contributed by atoms with E-state index in [1.165, 1.54) is 41.6 Å². The zero-order valence-electron chi connectivity index (χ0n) is 20.7. The Morgan fingerprint density at radius 3 is 2.44 bits per heavy atom.